The Kier molecular flexibility index (Phi) is 51.1. The van der Waals surface area contributed by atoms with Crippen molar-refractivity contribution in [3.05, 3.63) is 48.6 Å². The van der Waals surface area contributed by atoms with Crippen molar-refractivity contribution < 1.29 is 42.7 Å². The Hall–Kier alpha value is -2.07. The lowest BCUT2D eigenvalue weighted by Gasteiger charge is -2.20. The quantitative estimate of drug-likeness (QED) is 0.0232. The average Bonchev–Trinajstić information content (AvgIpc) is 3.32. The van der Waals surface area contributed by atoms with Crippen LogP contribution in [0.25, 0.3) is 0 Å². The molecule has 0 fully saturated rings. The van der Waals surface area contributed by atoms with E-state index in [2.05, 4.69) is 62.5 Å². The molecule has 0 aromatic rings. The Morgan fingerprint density at radius 3 is 1.28 bits per heavy atom. The molecular weight excluding hydrogens is 874 g/mol. The second kappa shape index (κ2) is 52.7. The van der Waals surface area contributed by atoms with Crippen LogP contribution >= 0.6 is 7.82 Å². The number of carbonyl (C=O) groups is 2. The largest absolute Gasteiger partial charge is 0.480 e. The zero-order valence-corrected chi connectivity index (χ0v) is 44.9. The standard InChI is InChI=1S/C57H106NO9P/c1-3-5-7-9-11-13-15-17-19-21-23-25-27-29-31-33-35-37-39-41-43-45-47-49-56(59)67-54(52-65-68(62,63)66-53-55(58)57(60)61)51-64-50-48-46-44-42-40-38-36-34-32-30-28-26-24-22-20-18-16-14-12-10-8-6-4-2/h5,7,11,13,17,19,23,25,54-55H,3-4,6,8-10,12,14-16,18,20-22,24,26-53,58H2,1-2H3,(H,60,61)(H,62,63)/b7-5-,13-11-,19-17-,25-23-. The van der Waals surface area contributed by atoms with Crippen LogP contribution in [-0.2, 0) is 32.7 Å². The minimum absolute atomic E-state index is 0.0180. The van der Waals surface area contributed by atoms with Gasteiger partial charge < -0.3 is 25.2 Å². The zero-order valence-electron chi connectivity index (χ0n) is 44.0. The van der Waals surface area contributed by atoms with Gasteiger partial charge in [-0.1, -0.05) is 255 Å². The molecule has 68 heavy (non-hydrogen) atoms. The Morgan fingerprint density at radius 2 is 0.853 bits per heavy atom. The number of carboxylic acids is 1. The van der Waals surface area contributed by atoms with Gasteiger partial charge >= 0.3 is 19.8 Å². The molecule has 0 heterocycles. The first kappa shape index (κ1) is 65.9. The normalized spacial score (nSPS) is 13.9. The van der Waals surface area contributed by atoms with Gasteiger partial charge in [0, 0.05) is 13.0 Å². The van der Waals surface area contributed by atoms with Gasteiger partial charge in [0.25, 0.3) is 0 Å². The van der Waals surface area contributed by atoms with Crippen molar-refractivity contribution >= 4 is 19.8 Å². The lowest BCUT2D eigenvalue weighted by molar-refractivity contribution is -0.154. The van der Waals surface area contributed by atoms with E-state index in [0.29, 0.717) is 13.0 Å². The van der Waals surface area contributed by atoms with Crippen molar-refractivity contribution in [2.24, 2.45) is 5.73 Å². The molecule has 0 saturated carbocycles. The summed E-state index contributed by atoms with van der Waals surface area (Å²) < 4.78 is 33.6. The van der Waals surface area contributed by atoms with E-state index in [1.807, 2.05) is 0 Å². The summed E-state index contributed by atoms with van der Waals surface area (Å²) in [5, 5.41) is 8.95. The number of ether oxygens (including phenoxy) is 2. The van der Waals surface area contributed by atoms with Gasteiger partial charge in [-0.15, -0.1) is 0 Å². The van der Waals surface area contributed by atoms with Crippen molar-refractivity contribution in [2.45, 2.75) is 276 Å². The average molecular weight is 980 g/mol. The Labute approximate surface area is 418 Å². The molecule has 11 heteroatoms. The van der Waals surface area contributed by atoms with Gasteiger partial charge in [-0.05, 0) is 51.4 Å². The number of phosphoric acid groups is 1. The highest BCUT2D eigenvalue weighted by Gasteiger charge is 2.27. The number of rotatable bonds is 54. The van der Waals surface area contributed by atoms with Crippen molar-refractivity contribution in [1.29, 1.82) is 0 Å². The number of allylic oxidation sites excluding steroid dienone is 8. The molecule has 0 rings (SSSR count). The lowest BCUT2D eigenvalue weighted by atomic mass is 10.0. The van der Waals surface area contributed by atoms with Crippen LogP contribution in [0.1, 0.15) is 264 Å². The highest BCUT2D eigenvalue weighted by Crippen LogP contribution is 2.43. The molecule has 0 aromatic carbocycles. The fourth-order valence-electron chi connectivity index (χ4n) is 8.07. The molecule has 0 aromatic heterocycles. The van der Waals surface area contributed by atoms with Gasteiger partial charge in [-0.2, -0.15) is 0 Å². The summed E-state index contributed by atoms with van der Waals surface area (Å²) in [7, 11) is -4.63. The first-order valence-corrected chi connectivity index (χ1v) is 29.7. The van der Waals surface area contributed by atoms with E-state index < -0.39 is 45.1 Å². The number of hydrogen-bond donors (Lipinski definition) is 3. The summed E-state index contributed by atoms with van der Waals surface area (Å²) in [6.45, 7) is 3.82. The molecule has 0 radical (unpaired) electrons. The fraction of sp³-hybridized carbons (Fsp3) is 0.825. The highest BCUT2D eigenvalue weighted by atomic mass is 31.2. The SMILES string of the molecule is CC/C=C\C/C=C\C/C=C\C/C=C\CCCCCCCCCCCCC(=O)OC(COCCCCCCCCCCCCCCCCCCCCCCCCC)COP(=O)(O)OCC(N)C(=O)O. The van der Waals surface area contributed by atoms with Crippen molar-refractivity contribution in [2.75, 3.05) is 26.4 Å². The second-order valence-electron chi connectivity index (χ2n) is 19.0. The van der Waals surface area contributed by atoms with E-state index in [0.717, 1.165) is 70.6 Å². The molecule has 3 atom stereocenters. The van der Waals surface area contributed by atoms with Crippen LogP contribution in [0, 0.1) is 0 Å². The molecule has 3 unspecified atom stereocenters. The minimum Gasteiger partial charge on any atom is -0.480 e. The minimum atomic E-state index is -4.63. The molecule has 0 aliphatic carbocycles. The third-order valence-electron chi connectivity index (χ3n) is 12.4. The van der Waals surface area contributed by atoms with E-state index >= 15 is 0 Å². The molecule has 0 bridgehead atoms. The number of carboxylic acid groups (broad SMARTS) is 1. The van der Waals surface area contributed by atoms with Crippen LogP contribution in [0.3, 0.4) is 0 Å². The Balaban J connectivity index is 4.07. The number of unbranched alkanes of at least 4 members (excludes halogenated alkanes) is 32. The predicted molar refractivity (Wildman–Crippen MR) is 286 cm³/mol. The molecule has 4 N–H and O–H groups in total. The summed E-state index contributed by atoms with van der Waals surface area (Å²) in [6, 6.07) is -1.47. The van der Waals surface area contributed by atoms with E-state index in [4.69, 9.17) is 29.4 Å². The summed E-state index contributed by atoms with van der Waals surface area (Å²) in [6.07, 6.45) is 64.6. The first-order chi connectivity index (χ1) is 33.2. The number of aliphatic carboxylic acids is 1. The number of nitrogens with two attached hydrogens (primary N) is 1. The van der Waals surface area contributed by atoms with Gasteiger partial charge in [0.2, 0.25) is 0 Å². The van der Waals surface area contributed by atoms with Crippen LogP contribution < -0.4 is 5.73 Å². The van der Waals surface area contributed by atoms with E-state index in [1.165, 1.54) is 167 Å². The van der Waals surface area contributed by atoms with Crippen LogP contribution in [0.5, 0.6) is 0 Å². The third-order valence-corrected chi connectivity index (χ3v) is 13.3. The summed E-state index contributed by atoms with van der Waals surface area (Å²) >= 11 is 0. The number of phosphoric ester groups is 1. The molecule has 0 aliphatic heterocycles. The molecular formula is C57H106NO9P. The molecule has 10 nitrogen and oxygen atoms in total. The Bertz CT molecular complexity index is 1270. The van der Waals surface area contributed by atoms with Crippen molar-refractivity contribution in [1.82, 2.24) is 0 Å². The monoisotopic (exact) mass is 980 g/mol. The first-order valence-electron chi connectivity index (χ1n) is 28.2. The molecule has 0 saturated heterocycles. The van der Waals surface area contributed by atoms with Crippen LogP contribution in [0.2, 0.25) is 0 Å². The lowest BCUT2D eigenvalue weighted by Crippen LogP contribution is -2.34. The van der Waals surface area contributed by atoms with E-state index in [1.54, 1.807) is 0 Å². The zero-order chi connectivity index (χ0) is 49.7. The van der Waals surface area contributed by atoms with Crippen LogP contribution in [-0.4, -0.2) is 60.5 Å². The van der Waals surface area contributed by atoms with E-state index in [-0.39, 0.29) is 13.0 Å². The van der Waals surface area contributed by atoms with Gasteiger partial charge in [0.1, 0.15) is 12.1 Å². The van der Waals surface area contributed by atoms with Crippen LogP contribution in [0.15, 0.2) is 48.6 Å². The van der Waals surface area contributed by atoms with E-state index in [9.17, 15) is 19.0 Å². The fourth-order valence-corrected chi connectivity index (χ4v) is 8.85. The maximum atomic E-state index is 12.7. The smallest absolute Gasteiger partial charge is 0.472 e. The summed E-state index contributed by atoms with van der Waals surface area (Å²) in [4.78, 5) is 33.8. The number of carbonyl (C=O) groups excluding carboxylic acids is 1. The molecule has 0 amide bonds. The maximum absolute atomic E-state index is 12.7. The van der Waals surface area contributed by atoms with Crippen LogP contribution in [0.4, 0.5) is 0 Å². The summed E-state index contributed by atoms with van der Waals surface area (Å²) in [5.41, 5.74) is 5.39. The second-order valence-corrected chi connectivity index (χ2v) is 20.5. The third kappa shape index (κ3) is 51.8. The predicted octanol–water partition coefficient (Wildman–Crippen LogP) is 16.9. The molecule has 0 aliphatic rings. The number of esters is 1. The Morgan fingerprint density at radius 1 is 0.485 bits per heavy atom. The molecule has 398 valence electrons. The molecule has 0 spiro atoms. The number of hydrogen-bond acceptors (Lipinski definition) is 8. The van der Waals surface area contributed by atoms with Gasteiger partial charge in [-0.25, -0.2) is 4.57 Å². The van der Waals surface area contributed by atoms with Gasteiger partial charge in [0.05, 0.1) is 19.8 Å². The van der Waals surface area contributed by atoms with Gasteiger partial charge in [0.15, 0.2) is 0 Å². The van der Waals surface area contributed by atoms with Crippen molar-refractivity contribution in [3.63, 3.8) is 0 Å². The van der Waals surface area contributed by atoms with Gasteiger partial charge in [-0.3, -0.25) is 18.6 Å². The maximum Gasteiger partial charge on any atom is 0.472 e. The summed E-state index contributed by atoms with van der Waals surface area (Å²) in [5.74, 6) is -1.77. The van der Waals surface area contributed by atoms with Crippen molar-refractivity contribution in [3.8, 4) is 0 Å². The highest BCUT2D eigenvalue weighted by molar-refractivity contribution is 7.47. The topological polar surface area (TPSA) is 155 Å².